The lowest BCUT2D eigenvalue weighted by molar-refractivity contribution is 0.887. The molecule has 0 bridgehead atoms. The van der Waals surface area contributed by atoms with Crippen molar-refractivity contribution in [2.45, 2.75) is 32.1 Å². The van der Waals surface area contributed by atoms with Gasteiger partial charge in [-0.3, -0.25) is 0 Å². The molecule has 0 heterocycles. The molecule has 0 nitrogen and oxygen atoms in total. The topological polar surface area (TPSA) is 0 Å². The van der Waals surface area contributed by atoms with Gasteiger partial charge in [0, 0.05) is 0 Å². The van der Waals surface area contributed by atoms with Gasteiger partial charge in [0.05, 0.1) is 0 Å². The molecular formula is C13H14. The third kappa shape index (κ3) is 1.13. The molecule has 0 saturated heterocycles. The van der Waals surface area contributed by atoms with Crippen molar-refractivity contribution in [2.24, 2.45) is 0 Å². The average Bonchev–Trinajstić information content (AvgIpc) is 2.61. The first kappa shape index (κ1) is 7.37. The maximum absolute atomic E-state index is 2.44. The van der Waals surface area contributed by atoms with Crippen LogP contribution in [0, 0.1) is 0 Å². The molecular weight excluding hydrogens is 156 g/mol. The Morgan fingerprint density at radius 3 is 2.54 bits per heavy atom. The summed E-state index contributed by atoms with van der Waals surface area (Å²) in [5.41, 5.74) is 6.50. The summed E-state index contributed by atoms with van der Waals surface area (Å²) in [6.07, 6.45) is 15.7. The molecule has 0 aromatic heterocycles. The number of rotatable bonds is 0. The number of hydrogen-bond acceptors (Lipinski definition) is 0. The molecule has 0 spiro atoms. The molecule has 0 N–H and O–H groups in total. The molecule has 0 heteroatoms. The first-order chi connectivity index (χ1) is 6.43. The van der Waals surface area contributed by atoms with Gasteiger partial charge in [-0.15, -0.1) is 0 Å². The van der Waals surface area contributed by atoms with Crippen LogP contribution in [-0.2, 0) is 0 Å². The summed E-state index contributed by atoms with van der Waals surface area (Å²) in [6.45, 7) is 0. The smallest absolute Gasteiger partial charge is 0.00265 e. The lowest BCUT2D eigenvalue weighted by Gasteiger charge is -2.23. The van der Waals surface area contributed by atoms with Gasteiger partial charge < -0.3 is 0 Å². The van der Waals surface area contributed by atoms with E-state index in [-0.39, 0.29) is 0 Å². The van der Waals surface area contributed by atoms with Crippen LogP contribution in [0.1, 0.15) is 32.1 Å². The molecule has 66 valence electrons. The fraction of sp³-hybridized carbons (Fsp3) is 0.385. The zero-order valence-electron chi connectivity index (χ0n) is 7.84. The van der Waals surface area contributed by atoms with E-state index in [1.165, 1.54) is 32.1 Å². The monoisotopic (exact) mass is 170 g/mol. The fourth-order valence-corrected chi connectivity index (χ4v) is 2.55. The van der Waals surface area contributed by atoms with E-state index in [0.717, 1.165) is 0 Å². The summed E-state index contributed by atoms with van der Waals surface area (Å²) in [5, 5.41) is 0. The lowest BCUT2D eigenvalue weighted by atomic mass is 9.82. The van der Waals surface area contributed by atoms with Crippen LogP contribution < -0.4 is 0 Å². The van der Waals surface area contributed by atoms with Crippen LogP contribution in [0.4, 0.5) is 0 Å². The summed E-state index contributed by atoms with van der Waals surface area (Å²) in [5.74, 6) is 0. The molecule has 3 aliphatic rings. The summed E-state index contributed by atoms with van der Waals surface area (Å²) < 4.78 is 0. The third-order valence-corrected chi connectivity index (χ3v) is 3.28. The Kier molecular flexibility index (Phi) is 1.55. The van der Waals surface area contributed by atoms with E-state index >= 15 is 0 Å². The van der Waals surface area contributed by atoms with Gasteiger partial charge in [-0.2, -0.15) is 0 Å². The highest BCUT2D eigenvalue weighted by atomic mass is 14.3. The van der Waals surface area contributed by atoms with E-state index in [2.05, 4.69) is 24.3 Å². The van der Waals surface area contributed by atoms with Crippen molar-refractivity contribution in [3.63, 3.8) is 0 Å². The molecule has 0 radical (unpaired) electrons. The fourth-order valence-electron chi connectivity index (χ4n) is 2.55. The Bertz CT molecular complexity index is 361. The van der Waals surface area contributed by atoms with Gasteiger partial charge in [0.15, 0.2) is 0 Å². The minimum Gasteiger partial charge on any atom is -0.0804 e. The summed E-state index contributed by atoms with van der Waals surface area (Å²) >= 11 is 0. The van der Waals surface area contributed by atoms with E-state index in [1.807, 2.05) is 0 Å². The normalized spacial score (nSPS) is 25.2. The molecule has 3 aliphatic carbocycles. The van der Waals surface area contributed by atoms with Gasteiger partial charge in [0.2, 0.25) is 0 Å². The largest absolute Gasteiger partial charge is 0.0804 e. The van der Waals surface area contributed by atoms with Crippen molar-refractivity contribution in [3.8, 4) is 0 Å². The molecule has 0 unspecified atom stereocenters. The van der Waals surface area contributed by atoms with Crippen LogP contribution in [-0.4, -0.2) is 0 Å². The maximum Gasteiger partial charge on any atom is -0.00265 e. The molecule has 0 saturated carbocycles. The first-order valence-corrected chi connectivity index (χ1v) is 5.19. The lowest BCUT2D eigenvalue weighted by Crippen LogP contribution is -2.04. The average molecular weight is 170 g/mol. The highest BCUT2D eigenvalue weighted by Gasteiger charge is 2.21. The molecule has 3 rings (SSSR count). The second-order valence-electron chi connectivity index (χ2n) is 4.12. The maximum atomic E-state index is 2.44. The van der Waals surface area contributed by atoms with Crippen LogP contribution in [0.25, 0.3) is 0 Å². The van der Waals surface area contributed by atoms with Crippen molar-refractivity contribution in [2.75, 3.05) is 0 Å². The van der Waals surface area contributed by atoms with Crippen molar-refractivity contribution >= 4 is 0 Å². The van der Waals surface area contributed by atoms with Crippen molar-refractivity contribution in [3.05, 3.63) is 46.6 Å². The minimum absolute atomic E-state index is 1.21. The minimum atomic E-state index is 1.21. The second-order valence-corrected chi connectivity index (χ2v) is 4.12. The zero-order valence-corrected chi connectivity index (χ0v) is 7.84. The van der Waals surface area contributed by atoms with Gasteiger partial charge in [-0.25, -0.2) is 0 Å². The molecule has 0 atom stereocenters. The molecule has 0 aromatic rings. The van der Waals surface area contributed by atoms with Crippen LogP contribution in [0.5, 0.6) is 0 Å². The van der Waals surface area contributed by atoms with E-state index in [9.17, 15) is 0 Å². The van der Waals surface area contributed by atoms with Crippen molar-refractivity contribution < 1.29 is 0 Å². The SMILES string of the molecule is C1=CC2=C(C1)CC1=CCCC=C1C2. The quantitative estimate of drug-likeness (QED) is 0.520. The molecule has 0 aliphatic heterocycles. The van der Waals surface area contributed by atoms with Gasteiger partial charge in [-0.1, -0.05) is 29.9 Å². The first-order valence-electron chi connectivity index (χ1n) is 5.19. The van der Waals surface area contributed by atoms with E-state index in [1.54, 1.807) is 22.3 Å². The molecule has 0 aromatic carbocycles. The number of hydrogen-bond donors (Lipinski definition) is 0. The number of fused-ring (bicyclic) bond motifs is 1. The van der Waals surface area contributed by atoms with E-state index in [4.69, 9.17) is 0 Å². The zero-order chi connectivity index (χ0) is 8.67. The highest BCUT2D eigenvalue weighted by Crippen LogP contribution is 2.40. The van der Waals surface area contributed by atoms with Crippen LogP contribution >= 0.6 is 0 Å². The summed E-state index contributed by atoms with van der Waals surface area (Å²) in [6, 6.07) is 0. The second kappa shape index (κ2) is 2.73. The Hall–Kier alpha value is -1.04. The predicted molar refractivity (Wildman–Crippen MR) is 55.4 cm³/mol. The Morgan fingerprint density at radius 2 is 1.69 bits per heavy atom. The van der Waals surface area contributed by atoms with Crippen LogP contribution in [0.15, 0.2) is 46.6 Å². The van der Waals surface area contributed by atoms with Crippen LogP contribution in [0.2, 0.25) is 0 Å². The Morgan fingerprint density at radius 1 is 0.923 bits per heavy atom. The third-order valence-electron chi connectivity index (χ3n) is 3.28. The van der Waals surface area contributed by atoms with E-state index in [0.29, 0.717) is 0 Å². The predicted octanol–water partition coefficient (Wildman–Crippen LogP) is 3.68. The van der Waals surface area contributed by atoms with Gasteiger partial charge in [0.25, 0.3) is 0 Å². The van der Waals surface area contributed by atoms with Gasteiger partial charge in [-0.05, 0) is 48.8 Å². The molecule has 0 amide bonds. The Balaban J connectivity index is 2.00. The molecule has 0 fully saturated rings. The summed E-state index contributed by atoms with van der Waals surface area (Å²) in [7, 11) is 0. The highest BCUT2D eigenvalue weighted by molar-refractivity contribution is 5.51. The standard InChI is InChI=1S/C13H14/c1-2-5-11-9-13-7-3-6-12(13)8-10(11)4-1/h3-6H,1-2,7-9H2. The summed E-state index contributed by atoms with van der Waals surface area (Å²) in [4.78, 5) is 0. The van der Waals surface area contributed by atoms with Gasteiger partial charge >= 0.3 is 0 Å². The molecule has 13 heavy (non-hydrogen) atoms. The number of allylic oxidation sites excluding steroid dienone is 8. The van der Waals surface area contributed by atoms with Crippen molar-refractivity contribution in [1.82, 2.24) is 0 Å². The van der Waals surface area contributed by atoms with Crippen molar-refractivity contribution in [1.29, 1.82) is 0 Å². The van der Waals surface area contributed by atoms with E-state index < -0.39 is 0 Å². The Labute approximate surface area is 79.3 Å². The van der Waals surface area contributed by atoms with Gasteiger partial charge in [0.1, 0.15) is 0 Å². The van der Waals surface area contributed by atoms with Crippen LogP contribution in [0.3, 0.4) is 0 Å².